The van der Waals surface area contributed by atoms with Crippen molar-refractivity contribution in [2.24, 2.45) is 5.73 Å². The lowest BCUT2D eigenvalue weighted by Crippen LogP contribution is -2.46. The summed E-state index contributed by atoms with van der Waals surface area (Å²) >= 11 is 0. The van der Waals surface area contributed by atoms with Crippen molar-refractivity contribution in [3.8, 4) is 0 Å². The molecule has 1 fully saturated rings. The second-order valence-corrected chi connectivity index (χ2v) is 6.83. The Balaban J connectivity index is 1.86. The zero-order chi connectivity index (χ0) is 17.7. The Bertz CT molecular complexity index is 709. The summed E-state index contributed by atoms with van der Waals surface area (Å²) in [5.74, 6) is -0.349. The number of ether oxygens (including phenoxy) is 1. The summed E-state index contributed by atoms with van der Waals surface area (Å²) in [6.07, 6.45) is 1.87. The molecule has 0 aromatic heterocycles. The summed E-state index contributed by atoms with van der Waals surface area (Å²) in [6, 6.07) is 17.7. The van der Waals surface area contributed by atoms with E-state index in [1.54, 1.807) is 0 Å². The highest BCUT2D eigenvalue weighted by atomic mass is 16.5. The molecular weight excluding hydrogens is 312 g/mol. The van der Waals surface area contributed by atoms with Gasteiger partial charge in [0.05, 0.1) is 0 Å². The summed E-state index contributed by atoms with van der Waals surface area (Å²) in [5.41, 5.74) is 9.15. The average molecular weight is 338 g/mol. The van der Waals surface area contributed by atoms with E-state index >= 15 is 0 Å². The number of benzene rings is 2. The highest BCUT2D eigenvalue weighted by Crippen LogP contribution is 2.36. The molecule has 0 radical (unpaired) electrons. The number of hydrogen-bond donors (Lipinski definition) is 2. The van der Waals surface area contributed by atoms with E-state index in [1.807, 2.05) is 30.3 Å². The van der Waals surface area contributed by atoms with Crippen LogP contribution in [0, 0.1) is 6.92 Å². The molecule has 1 heterocycles. The minimum atomic E-state index is -0.482. The van der Waals surface area contributed by atoms with Gasteiger partial charge < -0.3 is 15.8 Å². The van der Waals surface area contributed by atoms with E-state index in [1.165, 1.54) is 11.1 Å². The van der Waals surface area contributed by atoms with E-state index in [-0.39, 0.29) is 11.3 Å². The van der Waals surface area contributed by atoms with Crippen LogP contribution in [0.5, 0.6) is 0 Å². The van der Waals surface area contributed by atoms with Crippen LogP contribution in [0.15, 0.2) is 54.6 Å². The molecule has 1 aliphatic heterocycles. The molecule has 132 valence electrons. The first-order valence-electron chi connectivity index (χ1n) is 8.84. The third-order valence-electron chi connectivity index (χ3n) is 5.23. The molecular formula is C21H26N2O2. The first-order valence-corrected chi connectivity index (χ1v) is 8.84. The molecule has 25 heavy (non-hydrogen) atoms. The number of nitrogens with two attached hydrogens (primary N) is 1. The van der Waals surface area contributed by atoms with E-state index in [0.29, 0.717) is 6.54 Å². The first kappa shape index (κ1) is 17.6. The summed E-state index contributed by atoms with van der Waals surface area (Å²) in [6.45, 7) is 4.32. The van der Waals surface area contributed by atoms with Crippen molar-refractivity contribution >= 4 is 5.91 Å². The lowest BCUT2D eigenvalue weighted by atomic mass is 9.72. The van der Waals surface area contributed by atoms with Crippen molar-refractivity contribution in [3.05, 3.63) is 71.3 Å². The van der Waals surface area contributed by atoms with Crippen LogP contribution in [0.2, 0.25) is 0 Å². The minimum Gasteiger partial charge on any atom is -0.381 e. The molecule has 1 saturated heterocycles. The molecule has 1 aliphatic rings. The van der Waals surface area contributed by atoms with Crippen LogP contribution in [0.4, 0.5) is 0 Å². The normalized spacial score (nSPS) is 17.8. The van der Waals surface area contributed by atoms with Crippen LogP contribution >= 0.6 is 0 Å². The third-order valence-corrected chi connectivity index (χ3v) is 5.23. The molecule has 4 nitrogen and oxygen atoms in total. The van der Waals surface area contributed by atoms with Crippen LogP contribution in [0.3, 0.4) is 0 Å². The number of primary amides is 1. The lowest BCUT2D eigenvalue weighted by molar-refractivity contribution is -0.120. The van der Waals surface area contributed by atoms with Gasteiger partial charge in [0.1, 0.15) is 6.04 Å². The van der Waals surface area contributed by atoms with Crippen LogP contribution in [-0.2, 0) is 14.9 Å². The molecule has 0 spiro atoms. The number of carbonyl (C=O) groups excluding carboxylic acids is 1. The van der Waals surface area contributed by atoms with Gasteiger partial charge >= 0.3 is 0 Å². The number of hydrogen-bond acceptors (Lipinski definition) is 3. The fourth-order valence-electron chi connectivity index (χ4n) is 3.80. The molecule has 0 saturated carbocycles. The highest BCUT2D eigenvalue weighted by molar-refractivity contribution is 5.81. The van der Waals surface area contributed by atoms with Gasteiger partial charge in [0.2, 0.25) is 5.91 Å². The summed E-state index contributed by atoms with van der Waals surface area (Å²) < 4.78 is 5.61. The van der Waals surface area contributed by atoms with Gasteiger partial charge in [-0.15, -0.1) is 0 Å². The molecule has 0 aliphatic carbocycles. The molecule has 3 rings (SSSR count). The fourth-order valence-corrected chi connectivity index (χ4v) is 3.80. The van der Waals surface area contributed by atoms with Gasteiger partial charge in [0.25, 0.3) is 0 Å². The van der Waals surface area contributed by atoms with Gasteiger partial charge in [0.15, 0.2) is 0 Å². The number of nitrogens with one attached hydrogen (secondary N) is 1. The van der Waals surface area contributed by atoms with E-state index in [2.05, 4.69) is 36.5 Å². The fraction of sp³-hybridized carbons (Fsp3) is 0.381. The Morgan fingerprint density at radius 3 is 2.40 bits per heavy atom. The predicted molar refractivity (Wildman–Crippen MR) is 99.3 cm³/mol. The molecule has 1 unspecified atom stereocenters. The van der Waals surface area contributed by atoms with Crippen molar-refractivity contribution < 1.29 is 9.53 Å². The Morgan fingerprint density at radius 2 is 1.76 bits per heavy atom. The van der Waals surface area contributed by atoms with Gasteiger partial charge in [0, 0.05) is 25.2 Å². The van der Waals surface area contributed by atoms with Crippen molar-refractivity contribution in [2.45, 2.75) is 31.2 Å². The number of amides is 1. The zero-order valence-electron chi connectivity index (χ0n) is 14.7. The number of rotatable bonds is 6. The van der Waals surface area contributed by atoms with Crippen LogP contribution in [-0.4, -0.2) is 25.7 Å². The Hall–Kier alpha value is -2.17. The zero-order valence-corrected chi connectivity index (χ0v) is 14.7. The second kappa shape index (κ2) is 7.81. The molecule has 0 bridgehead atoms. The van der Waals surface area contributed by atoms with Gasteiger partial charge in [-0.1, -0.05) is 54.6 Å². The van der Waals surface area contributed by atoms with Crippen molar-refractivity contribution in [1.82, 2.24) is 5.32 Å². The maximum absolute atomic E-state index is 12.0. The SMILES string of the molecule is Cc1ccccc1C1(CNC(C(N)=O)c2ccccc2)CCOCC1. The summed E-state index contributed by atoms with van der Waals surface area (Å²) in [7, 11) is 0. The Kier molecular flexibility index (Phi) is 5.51. The smallest absolute Gasteiger partial charge is 0.239 e. The first-order chi connectivity index (χ1) is 12.1. The molecule has 2 aromatic rings. The van der Waals surface area contributed by atoms with Crippen molar-refractivity contribution in [2.75, 3.05) is 19.8 Å². The standard InChI is InChI=1S/C21H26N2O2/c1-16-7-5-6-10-18(16)21(11-13-25-14-12-21)15-23-19(20(22)24)17-8-3-2-4-9-17/h2-10,19,23H,11-15H2,1H3,(H2,22,24). The van der Waals surface area contributed by atoms with Crippen LogP contribution in [0.25, 0.3) is 0 Å². The quantitative estimate of drug-likeness (QED) is 0.851. The average Bonchev–Trinajstić information content (AvgIpc) is 2.63. The molecule has 2 aromatic carbocycles. The molecule has 4 heteroatoms. The largest absolute Gasteiger partial charge is 0.381 e. The molecule has 3 N–H and O–H groups in total. The second-order valence-electron chi connectivity index (χ2n) is 6.83. The van der Waals surface area contributed by atoms with Gasteiger partial charge in [-0.25, -0.2) is 0 Å². The van der Waals surface area contributed by atoms with Crippen molar-refractivity contribution in [1.29, 1.82) is 0 Å². The Labute approximate surface area is 149 Å². The molecule has 1 atom stereocenters. The third kappa shape index (κ3) is 3.91. The summed E-state index contributed by atoms with van der Waals surface area (Å²) in [4.78, 5) is 12.0. The Morgan fingerprint density at radius 1 is 1.12 bits per heavy atom. The maximum atomic E-state index is 12.0. The number of carbonyl (C=O) groups is 1. The lowest BCUT2D eigenvalue weighted by Gasteiger charge is -2.40. The van der Waals surface area contributed by atoms with Gasteiger partial charge in [-0.3, -0.25) is 4.79 Å². The predicted octanol–water partition coefficient (Wildman–Crippen LogP) is 2.86. The molecule has 1 amide bonds. The van der Waals surface area contributed by atoms with Gasteiger partial charge in [-0.2, -0.15) is 0 Å². The monoisotopic (exact) mass is 338 g/mol. The number of aryl methyl sites for hydroxylation is 1. The minimum absolute atomic E-state index is 0.0356. The topological polar surface area (TPSA) is 64.3 Å². The summed E-state index contributed by atoms with van der Waals surface area (Å²) in [5, 5.41) is 3.44. The highest BCUT2D eigenvalue weighted by Gasteiger charge is 2.36. The van der Waals surface area contributed by atoms with E-state index < -0.39 is 6.04 Å². The maximum Gasteiger partial charge on any atom is 0.239 e. The van der Waals surface area contributed by atoms with E-state index in [0.717, 1.165) is 31.6 Å². The van der Waals surface area contributed by atoms with Crippen molar-refractivity contribution in [3.63, 3.8) is 0 Å². The van der Waals surface area contributed by atoms with Crippen LogP contribution < -0.4 is 11.1 Å². The van der Waals surface area contributed by atoms with Crippen LogP contribution in [0.1, 0.15) is 35.6 Å². The van der Waals surface area contributed by atoms with Gasteiger partial charge in [-0.05, 0) is 36.5 Å². The van der Waals surface area contributed by atoms with E-state index in [4.69, 9.17) is 10.5 Å². The van der Waals surface area contributed by atoms with E-state index in [9.17, 15) is 4.79 Å².